The zero-order valence-electron chi connectivity index (χ0n) is 13.2. The van der Waals surface area contributed by atoms with Gasteiger partial charge in [0.1, 0.15) is 0 Å². The summed E-state index contributed by atoms with van der Waals surface area (Å²) in [6.07, 6.45) is 10.3. The summed E-state index contributed by atoms with van der Waals surface area (Å²) in [5.74, 6) is -0.220. The number of carboxylic acid groups (broad SMARTS) is 1. The van der Waals surface area contributed by atoms with Crippen LogP contribution in [0.1, 0.15) is 71.1 Å². The van der Waals surface area contributed by atoms with Gasteiger partial charge in [0, 0.05) is 12.3 Å². The molecule has 0 aromatic carbocycles. The number of unbranched alkanes of at least 4 members (excludes halogenated alkanes) is 6. The van der Waals surface area contributed by atoms with E-state index in [2.05, 4.69) is 6.92 Å². The summed E-state index contributed by atoms with van der Waals surface area (Å²) in [4.78, 5) is 10.4. The number of rotatable bonds is 12. The van der Waals surface area contributed by atoms with Gasteiger partial charge in [-0.15, -0.1) is 0 Å². The quantitative estimate of drug-likeness (QED) is 0.554. The SMILES string of the molecule is CCC(CCCCCCCCCC(=O)O)C1OCOCO1. The fourth-order valence-corrected chi connectivity index (χ4v) is 2.68. The van der Waals surface area contributed by atoms with Gasteiger partial charge >= 0.3 is 5.97 Å². The molecule has 0 amide bonds. The lowest BCUT2D eigenvalue weighted by molar-refractivity contribution is -0.314. The van der Waals surface area contributed by atoms with Crippen molar-refractivity contribution in [2.24, 2.45) is 5.92 Å². The highest BCUT2D eigenvalue weighted by atomic mass is 16.8. The summed E-state index contributed by atoms with van der Waals surface area (Å²) in [6, 6.07) is 0. The van der Waals surface area contributed by atoms with Crippen molar-refractivity contribution in [2.45, 2.75) is 77.4 Å². The Balaban J connectivity index is 1.93. The van der Waals surface area contributed by atoms with Crippen LogP contribution in [0.4, 0.5) is 0 Å². The summed E-state index contributed by atoms with van der Waals surface area (Å²) < 4.78 is 16.0. The fourth-order valence-electron chi connectivity index (χ4n) is 2.68. The highest BCUT2D eigenvalue weighted by Gasteiger charge is 2.23. The third-order valence-electron chi connectivity index (χ3n) is 4.01. The Kier molecular flexibility index (Phi) is 10.5. The van der Waals surface area contributed by atoms with E-state index < -0.39 is 5.97 Å². The molecule has 0 saturated carbocycles. The van der Waals surface area contributed by atoms with E-state index >= 15 is 0 Å². The summed E-state index contributed by atoms with van der Waals surface area (Å²) >= 11 is 0. The third-order valence-corrected chi connectivity index (χ3v) is 4.01. The van der Waals surface area contributed by atoms with Crippen LogP contribution in [0.25, 0.3) is 0 Å². The van der Waals surface area contributed by atoms with Crippen molar-refractivity contribution in [3.05, 3.63) is 0 Å². The van der Waals surface area contributed by atoms with Crippen LogP contribution in [0.15, 0.2) is 0 Å². The van der Waals surface area contributed by atoms with Gasteiger partial charge in [-0.3, -0.25) is 4.79 Å². The van der Waals surface area contributed by atoms with Crippen LogP contribution in [0.2, 0.25) is 0 Å². The van der Waals surface area contributed by atoms with Crippen molar-refractivity contribution in [3.8, 4) is 0 Å². The zero-order chi connectivity index (χ0) is 15.3. The molecule has 1 saturated heterocycles. The molecule has 0 bridgehead atoms. The molecule has 124 valence electrons. The number of carbonyl (C=O) groups is 1. The number of carboxylic acids is 1. The van der Waals surface area contributed by atoms with Crippen molar-refractivity contribution in [1.82, 2.24) is 0 Å². The normalized spacial score (nSPS) is 17.8. The van der Waals surface area contributed by atoms with Gasteiger partial charge in [0.25, 0.3) is 0 Å². The Bertz CT molecular complexity index is 263. The molecule has 0 aliphatic carbocycles. The lowest BCUT2D eigenvalue weighted by Crippen LogP contribution is -2.33. The number of hydrogen-bond acceptors (Lipinski definition) is 4. The topological polar surface area (TPSA) is 65.0 Å². The first-order valence-electron chi connectivity index (χ1n) is 8.26. The van der Waals surface area contributed by atoms with E-state index in [4.69, 9.17) is 19.3 Å². The summed E-state index contributed by atoms with van der Waals surface area (Å²) in [5, 5.41) is 8.54. The molecular weight excluding hydrogens is 272 g/mol. The van der Waals surface area contributed by atoms with Crippen molar-refractivity contribution in [2.75, 3.05) is 13.6 Å². The molecule has 21 heavy (non-hydrogen) atoms. The standard InChI is InChI=1S/C16H30O5/c1-2-14(16-20-12-19-13-21-16)10-8-6-4-3-5-7-9-11-15(17)18/h14,16H,2-13H2,1H3,(H,17,18). The van der Waals surface area contributed by atoms with Gasteiger partial charge in [-0.2, -0.15) is 0 Å². The van der Waals surface area contributed by atoms with Crippen LogP contribution >= 0.6 is 0 Å². The van der Waals surface area contributed by atoms with E-state index in [0.29, 0.717) is 25.9 Å². The van der Waals surface area contributed by atoms with Gasteiger partial charge < -0.3 is 19.3 Å². The Morgan fingerprint density at radius 1 is 1.05 bits per heavy atom. The van der Waals surface area contributed by atoms with E-state index in [1.54, 1.807) is 0 Å². The van der Waals surface area contributed by atoms with Crippen LogP contribution < -0.4 is 0 Å². The van der Waals surface area contributed by atoms with Gasteiger partial charge in [0.15, 0.2) is 19.9 Å². The van der Waals surface area contributed by atoms with Gasteiger partial charge in [0.05, 0.1) is 0 Å². The van der Waals surface area contributed by atoms with Crippen LogP contribution in [-0.2, 0) is 19.0 Å². The molecule has 1 unspecified atom stereocenters. The number of hydrogen-bond donors (Lipinski definition) is 1. The van der Waals surface area contributed by atoms with Crippen LogP contribution in [-0.4, -0.2) is 31.0 Å². The maximum Gasteiger partial charge on any atom is 0.303 e. The minimum absolute atomic E-state index is 0.0974. The maximum atomic E-state index is 10.4. The second-order valence-electron chi connectivity index (χ2n) is 5.72. The molecule has 0 aromatic heterocycles. The number of ether oxygens (including phenoxy) is 3. The van der Waals surface area contributed by atoms with Crippen molar-refractivity contribution in [3.63, 3.8) is 0 Å². The van der Waals surface area contributed by atoms with E-state index in [0.717, 1.165) is 32.1 Å². The average molecular weight is 302 g/mol. The Morgan fingerprint density at radius 2 is 1.62 bits per heavy atom. The molecule has 1 heterocycles. The third kappa shape index (κ3) is 9.06. The van der Waals surface area contributed by atoms with Crippen molar-refractivity contribution < 1.29 is 24.1 Å². The molecule has 1 aliphatic heterocycles. The second-order valence-corrected chi connectivity index (χ2v) is 5.72. The molecule has 0 aromatic rings. The van der Waals surface area contributed by atoms with Gasteiger partial charge in [-0.25, -0.2) is 0 Å². The Hall–Kier alpha value is -0.650. The molecule has 5 nitrogen and oxygen atoms in total. The van der Waals surface area contributed by atoms with Gasteiger partial charge in [-0.1, -0.05) is 45.4 Å². The van der Waals surface area contributed by atoms with E-state index in [1.165, 1.54) is 25.7 Å². The van der Waals surface area contributed by atoms with Crippen LogP contribution in [0.5, 0.6) is 0 Å². The molecule has 0 spiro atoms. The monoisotopic (exact) mass is 302 g/mol. The molecule has 1 atom stereocenters. The highest BCUT2D eigenvalue weighted by Crippen LogP contribution is 2.23. The zero-order valence-corrected chi connectivity index (χ0v) is 13.2. The first-order chi connectivity index (χ1) is 10.2. The van der Waals surface area contributed by atoms with Crippen molar-refractivity contribution in [1.29, 1.82) is 0 Å². The first kappa shape index (κ1) is 18.4. The van der Waals surface area contributed by atoms with Crippen LogP contribution in [0.3, 0.4) is 0 Å². The smallest absolute Gasteiger partial charge is 0.303 e. The molecule has 0 radical (unpaired) electrons. The van der Waals surface area contributed by atoms with E-state index in [-0.39, 0.29) is 6.29 Å². The Morgan fingerprint density at radius 3 is 2.19 bits per heavy atom. The fraction of sp³-hybridized carbons (Fsp3) is 0.938. The second kappa shape index (κ2) is 12.0. The molecule has 1 aliphatic rings. The average Bonchev–Trinajstić information content (AvgIpc) is 2.50. The molecule has 5 heteroatoms. The summed E-state index contributed by atoms with van der Waals surface area (Å²) in [6.45, 7) is 2.87. The van der Waals surface area contributed by atoms with Gasteiger partial charge in [0.2, 0.25) is 0 Å². The molecule has 1 fully saturated rings. The molecule has 1 rings (SSSR count). The molecule has 1 N–H and O–H groups in total. The lowest BCUT2D eigenvalue weighted by Gasteiger charge is -2.29. The predicted octanol–water partition coefficient (Wildman–Crippen LogP) is 3.91. The maximum absolute atomic E-state index is 10.4. The summed E-state index contributed by atoms with van der Waals surface area (Å²) in [7, 11) is 0. The lowest BCUT2D eigenvalue weighted by atomic mass is 9.97. The Labute approximate surface area is 128 Å². The summed E-state index contributed by atoms with van der Waals surface area (Å²) in [5.41, 5.74) is 0. The predicted molar refractivity (Wildman–Crippen MR) is 79.7 cm³/mol. The van der Waals surface area contributed by atoms with Gasteiger partial charge in [-0.05, 0) is 19.3 Å². The number of aliphatic carboxylic acids is 1. The molecular formula is C16H30O5. The highest BCUT2D eigenvalue weighted by molar-refractivity contribution is 5.66. The van der Waals surface area contributed by atoms with Crippen LogP contribution in [0, 0.1) is 5.92 Å². The minimum Gasteiger partial charge on any atom is -0.481 e. The van der Waals surface area contributed by atoms with E-state index in [9.17, 15) is 4.79 Å². The van der Waals surface area contributed by atoms with Crippen molar-refractivity contribution >= 4 is 5.97 Å². The minimum atomic E-state index is -0.682. The largest absolute Gasteiger partial charge is 0.481 e. The van der Waals surface area contributed by atoms with E-state index in [1.807, 2.05) is 0 Å². The first-order valence-corrected chi connectivity index (χ1v) is 8.26.